The largest absolute Gasteiger partial charge is 0.339 e. The third-order valence-corrected chi connectivity index (χ3v) is 7.23. The first-order chi connectivity index (χ1) is 11.7. The van der Waals surface area contributed by atoms with Gasteiger partial charge in [0, 0.05) is 48.3 Å². The minimum Gasteiger partial charge on any atom is -0.339 e. The Bertz CT molecular complexity index is 730. The van der Waals surface area contributed by atoms with Crippen molar-refractivity contribution in [1.82, 2.24) is 9.80 Å². The first-order valence-electron chi connectivity index (χ1n) is 8.23. The smallest absolute Gasteiger partial charge is 0.233 e. The van der Waals surface area contributed by atoms with E-state index in [0.717, 1.165) is 22.5 Å². The van der Waals surface area contributed by atoms with Gasteiger partial charge in [0.1, 0.15) is 9.84 Å². The molecule has 25 heavy (non-hydrogen) atoms. The van der Waals surface area contributed by atoms with Crippen LogP contribution in [0.25, 0.3) is 0 Å². The molecule has 1 fully saturated rings. The maximum absolute atomic E-state index is 12.4. The second kappa shape index (κ2) is 8.88. The van der Waals surface area contributed by atoms with E-state index >= 15 is 0 Å². The molecule has 0 aromatic heterocycles. The lowest BCUT2D eigenvalue weighted by Crippen LogP contribution is -2.50. The van der Waals surface area contributed by atoms with Crippen LogP contribution in [0.15, 0.2) is 21.5 Å². The zero-order valence-corrected chi connectivity index (χ0v) is 18.1. The number of piperazine rings is 1. The fraction of sp³-hybridized carbons (Fsp3) is 0.588. The van der Waals surface area contributed by atoms with Crippen LogP contribution in [0.5, 0.6) is 0 Å². The van der Waals surface area contributed by atoms with Crippen LogP contribution in [0.1, 0.15) is 11.1 Å². The number of halogens is 1. The van der Waals surface area contributed by atoms with Crippen LogP contribution in [0.3, 0.4) is 0 Å². The molecule has 140 valence electrons. The zero-order chi connectivity index (χ0) is 18.6. The van der Waals surface area contributed by atoms with Crippen LogP contribution >= 0.6 is 27.7 Å². The van der Waals surface area contributed by atoms with Crippen molar-refractivity contribution in [2.24, 2.45) is 0 Å². The fourth-order valence-corrected chi connectivity index (χ4v) is 4.71. The maximum Gasteiger partial charge on any atom is 0.233 e. The fourth-order valence-electron chi connectivity index (χ4n) is 2.66. The summed E-state index contributed by atoms with van der Waals surface area (Å²) in [6, 6.07) is 4.20. The zero-order valence-electron chi connectivity index (χ0n) is 14.9. The molecule has 0 radical (unpaired) electrons. The molecule has 1 amide bonds. The molecule has 1 aromatic rings. The normalized spacial score (nSPS) is 16.2. The number of hydrogen-bond acceptors (Lipinski definition) is 5. The number of carbonyl (C=O) groups is 1. The van der Waals surface area contributed by atoms with Gasteiger partial charge in [-0.15, -0.1) is 11.8 Å². The Morgan fingerprint density at radius 1 is 1.16 bits per heavy atom. The van der Waals surface area contributed by atoms with Gasteiger partial charge in [0.25, 0.3) is 0 Å². The highest BCUT2D eigenvalue weighted by Crippen LogP contribution is 2.28. The molecule has 1 aliphatic heterocycles. The van der Waals surface area contributed by atoms with E-state index in [9.17, 15) is 13.2 Å². The van der Waals surface area contributed by atoms with E-state index in [-0.39, 0.29) is 11.7 Å². The molecule has 0 bridgehead atoms. The van der Waals surface area contributed by atoms with Gasteiger partial charge in [-0.25, -0.2) is 8.42 Å². The van der Waals surface area contributed by atoms with Gasteiger partial charge in [0.15, 0.2) is 0 Å². The summed E-state index contributed by atoms with van der Waals surface area (Å²) in [6.45, 7) is 7.46. The highest BCUT2D eigenvalue weighted by atomic mass is 79.9. The van der Waals surface area contributed by atoms with Crippen LogP contribution in [-0.2, 0) is 14.6 Å². The Hall–Kier alpha value is -0.570. The Balaban J connectivity index is 1.80. The molecule has 1 saturated heterocycles. The molecule has 0 N–H and O–H groups in total. The van der Waals surface area contributed by atoms with Gasteiger partial charge < -0.3 is 4.90 Å². The topological polar surface area (TPSA) is 57.7 Å². The van der Waals surface area contributed by atoms with Gasteiger partial charge in [0.2, 0.25) is 5.91 Å². The third-order valence-electron chi connectivity index (χ3n) is 4.31. The van der Waals surface area contributed by atoms with Crippen molar-refractivity contribution in [3.8, 4) is 0 Å². The first-order valence-corrected chi connectivity index (χ1v) is 12.1. The second-order valence-corrected chi connectivity index (χ2v) is 10.6. The summed E-state index contributed by atoms with van der Waals surface area (Å²) in [5, 5.41) is 0. The van der Waals surface area contributed by atoms with E-state index < -0.39 is 9.84 Å². The number of benzene rings is 1. The molecule has 5 nitrogen and oxygen atoms in total. The van der Waals surface area contributed by atoms with Crippen molar-refractivity contribution in [2.75, 3.05) is 50.5 Å². The lowest BCUT2D eigenvalue weighted by atomic mass is 10.2. The Kier molecular flexibility index (Phi) is 7.37. The lowest BCUT2D eigenvalue weighted by molar-refractivity contribution is -0.130. The van der Waals surface area contributed by atoms with E-state index in [1.165, 1.54) is 17.4 Å². The van der Waals surface area contributed by atoms with Gasteiger partial charge in [-0.05, 0) is 37.1 Å². The molecule has 1 heterocycles. The molecule has 0 atom stereocenters. The minimum absolute atomic E-state index is 0.146. The summed E-state index contributed by atoms with van der Waals surface area (Å²) in [5.41, 5.74) is 2.33. The number of nitrogens with zero attached hydrogens (tertiary/aromatic N) is 2. The average molecular weight is 449 g/mol. The SMILES string of the molecule is Cc1cc(SCC(=O)N2CCN(CCS(C)(=O)=O)CC2)c(C)cc1Br. The molecule has 0 saturated carbocycles. The van der Waals surface area contributed by atoms with Crippen LogP contribution in [-0.4, -0.2) is 74.6 Å². The average Bonchev–Trinajstić information content (AvgIpc) is 2.54. The van der Waals surface area contributed by atoms with Gasteiger partial charge in [-0.1, -0.05) is 15.9 Å². The first kappa shape index (κ1) is 20.7. The molecule has 8 heteroatoms. The number of hydrogen-bond donors (Lipinski definition) is 0. The summed E-state index contributed by atoms with van der Waals surface area (Å²) in [7, 11) is -2.93. The highest BCUT2D eigenvalue weighted by Gasteiger charge is 2.21. The molecule has 2 rings (SSSR count). The van der Waals surface area contributed by atoms with E-state index in [2.05, 4.69) is 39.9 Å². The minimum atomic E-state index is -2.93. The third kappa shape index (κ3) is 6.58. The number of amides is 1. The number of rotatable bonds is 6. The van der Waals surface area contributed by atoms with E-state index in [1.807, 2.05) is 11.8 Å². The van der Waals surface area contributed by atoms with Crippen molar-refractivity contribution >= 4 is 43.4 Å². The van der Waals surface area contributed by atoms with Crippen LogP contribution < -0.4 is 0 Å². The van der Waals surface area contributed by atoms with Gasteiger partial charge in [0.05, 0.1) is 11.5 Å². The Morgan fingerprint density at radius 2 is 1.80 bits per heavy atom. The van der Waals surface area contributed by atoms with E-state index in [0.29, 0.717) is 25.4 Å². The monoisotopic (exact) mass is 448 g/mol. The van der Waals surface area contributed by atoms with Gasteiger partial charge in [-0.3, -0.25) is 9.69 Å². The molecule has 0 unspecified atom stereocenters. The predicted molar refractivity (Wildman–Crippen MR) is 107 cm³/mol. The van der Waals surface area contributed by atoms with Crippen molar-refractivity contribution < 1.29 is 13.2 Å². The quantitative estimate of drug-likeness (QED) is 0.625. The standard InChI is InChI=1S/C17H25BrN2O3S2/c1-13-11-16(14(2)10-15(13)18)24-12-17(21)20-6-4-19(5-7-20)8-9-25(3,22)23/h10-11H,4-9,12H2,1-3H3. The number of carbonyl (C=O) groups excluding carboxylic acids is 1. The van der Waals surface area contributed by atoms with Crippen molar-refractivity contribution in [3.05, 3.63) is 27.7 Å². The molecule has 0 aliphatic carbocycles. The maximum atomic E-state index is 12.4. The van der Waals surface area contributed by atoms with Crippen molar-refractivity contribution in [1.29, 1.82) is 0 Å². The van der Waals surface area contributed by atoms with E-state index in [1.54, 1.807) is 11.8 Å². The predicted octanol–water partition coefficient (Wildman–Crippen LogP) is 2.35. The second-order valence-electron chi connectivity index (χ2n) is 6.51. The van der Waals surface area contributed by atoms with Crippen LogP contribution in [0, 0.1) is 13.8 Å². The van der Waals surface area contributed by atoms with E-state index in [4.69, 9.17) is 0 Å². The summed E-state index contributed by atoms with van der Waals surface area (Å²) in [6.07, 6.45) is 1.26. The van der Waals surface area contributed by atoms with Gasteiger partial charge >= 0.3 is 0 Å². The molecular weight excluding hydrogens is 424 g/mol. The number of sulfone groups is 1. The molecule has 0 spiro atoms. The Labute approximate surface area is 163 Å². The van der Waals surface area contributed by atoms with Crippen LogP contribution in [0.2, 0.25) is 0 Å². The lowest BCUT2D eigenvalue weighted by Gasteiger charge is -2.34. The highest BCUT2D eigenvalue weighted by molar-refractivity contribution is 9.10. The van der Waals surface area contributed by atoms with Gasteiger partial charge in [-0.2, -0.15) is 0 Å². The number of aryl methyl sites for hydroxylation is 2. The Morgan fingerprint density at radius 3 is 2.40 bits per heavy atom. The molecular formula is C17H25BrN2O3S2. The summed E-state index contributed by atoms with van der Waals surface area (Å²) in [5.74, 6) is 0.761. The van der Waals surface area contributed by atoms with Crippen molar-refractivity contribution in [2.45, 2.75) is 18.7 Å². The number of thioether (sulfide) groups is 1. The molecule has 1 aromatic carbocycles. The molecule has 1 aliphatic rings. The summed E-state index contributed by atoms with van der Waals surface area (Å²) < 4.78 is 23.6. The van der Waals surface area contributed by atoms with Crippen LogP contribution in [0.4, 0.5) is 0 Å². The van der Waals surface area contributed by atoms with Crippen molar-refractivity contribution in [3.63, 3.8) is 0 Å². The summed E-state index contributed by atoms with van der Waals surface area (Å²) >= 11 is 5.11. The summed E-state index contributed by atoms with van der Waals surface area (Å²) in [4.78, 5) is 17.6.